The summed E-state index contributed by atoms with van der Waals surface area (Å²) in [6.45, 7) is -1.66. The third kappa shape index (κ3) is 7.17. The van der Waals surface area contributed by atoms with E-state index in [9.17, 15) is 26.7 Å². The molecule has 208 valence electrons. The summed E-state index contributed by atoms with van der Waals surface area (Å²) in [5.41, 5.74) is -0.392. The Morgan fingerprint density at radius 1 is 1.08 bits per heavy atom. The maximum atomic E-state index is 14.9. The van der Waals surface area contributed by atoms with Crippen molar-refractivity contribution in [3.8, 4) is 5.75 Å². The van der Waals surface area contributed by atoms with E-state index in [-0.39, 0.29) is 23.7 Å². The maximum absolute atomic E-state index is 14.9. The van der Waals surface area contributed by atoms with Crippen molar-refractivity contribution in [3.05, 3.63) is 94.5 Å². The number of alkyl halides is 4. The van der Waals surface area contributed by atoms with Gasteiger partial charge in [-0.25, -0.2) is 18.0 Å². The molecule has 1 saturated carbocycles. The molecule has 1 fully saturated rings. The Morgan fingerprint density at radius 3 is 2.44 bits per heavy atom. The predicted molar refractivity (Wildman–Crippen MR) is 137 cm³/mol. The molecule has 0 radical (unpaired) electrons. The number of aromatic nitrogens is 1. The first-order valence-electron chi connectivity index (χ1n) is 12.4. The fourth-order valence-corrected chi connectivity index (χ4v) is 4.78. The van der Waals surface area contributed by atoms with Crippen LogP contribution >= 0.6 is 11.6 Å². The van der Waals surface area contributed by atoms with Crippen LogP contribution in [0.1, 0.15) is 42.5 Å². The quantitative estimate of drug-likeness (QED) is 0.263. The molecule has 0 bridgehead atoms. The van der Waals surface area contributed by atoms with Gasteiger partial charge in [0.05, 0.1) is 10.7 Å². The van der Waals surface area contributed by atoms with Gasteiger partial charge in [0.1, 0.15) is 17.1 Å². The molecule has 1 aliphatic carbocycles. The second-order valence-corrected chi connectivity index (χ2v) is 9.97. The van der Waals surface area contributed by atoms with Gasteiger partial charge >= 0.3 is 18.4 Å². The minimum absolute atomic E-state index is 0.0411. The van der Waals surface area contributed by atoms with Crippen LogP contribution in [0, 0.1) is 5.82 Å². The molecule has 2 aromatic carbocycles. The average molecular weight is 568 g/mol. The lowest BCUT2D eigenvalue weighted by Crippen LogP contribution is -2.54. The summed E-state index contributed by atoms with van der Waals surface area (Å²) in [6.07, 6.45) is 1.08. The molecule has 1 aliphatic rings. The number of hydrogen-bond donors (Lipinski definition) is 2. The predicted octanol–water partition coefficient (Wildman–Crippen LogP) is 6.88. The van der Waals surface area contributed by atoms with Gasteiger partial charge in [0.25, 0.3) is 0 Å². The van der Waals surface area contributed by atoms with Crippen LogP contribution < -0.4 is 15.4 Å². The molecule has 1 heterocycles. The van der Waals surface area contributed by atoms with Crippen LogP contribution in [0.2, 0.25) is 5.02 Å². The highest BCUT2D eigenvalue weighted by Gasteiger charge is 2.42. The van der Waals surface area contributed by atoms with Crippen LogP contribution in [0.25, 0.3) is 0 Å². The van der Waals surface area contributed by atoms with Gasteiger partial charge in [-0.3, -0.25) is 4.98 Å². The molecule has 1 unspecified atom stereocenters. The van der Waals surface area contributed by atoms with E-state index in [2.05, 4.69) is 15.6 Å². The highest BCUT2D eigenvalue weighted by Crippen LogP contribution is 2.36. The molecular formula is C28H27ClF5N3O2. The lowest BCUT2D eigenvalue weighted by Gasteiger charge is -2.36. The van der Waals surface area contributed by atoms with Crippen LogP contribution in [-0.4, -0.2) is 36.0 Å². The number of pyridine rings is 1. The number of hydrogen-bond acceptors (Lipinski definition) is 3. The summed E-state index contributed by atoms with van der Waals surface area (Å²) in [7, 11) is 0. The summed E-state index contributed by atoms with van der Waals surface area (Å²) in [5.74, 6) is -5.73. The Bertz CT molecular complexity index is 1260. The Labute approximate surface area is 227 Å². The Kier molecular flexibility index (Phi) is 8.94. The zero-order valence-electron chi connectivity index (χ0n) is 20.8. The van der Waals surface area contributed by atoms with Gasteiger partial charge in [0, 0.05) is 24.7 Å². The first-order valence-corrected chi connectivity index (χ1v) is 12.8. The van der Waals surface area contributed by atoms with Crippen molar-refractivity contribution in [3.63, 3.8) is 0 Å². The summed E-state index contributed by atoms with van der Waals surface area (Å²) in [4.78, 5) is 17.8. The van der Waals surface area contributed by atoms with E-state index in [0.717, 1.165) is 43.4 Å². The molecule has 11 heteroatoms. The van der Waals surface area contributed by atoms with Gasteiger partial charge in [-0.1, -0.05) is 54.8 Å². The molecule has 39 heavy (non-hydrogen) atoms. The van der Waals surface area contributed by atoms with E-state index in [1.54, 1.807) is 36.4 Å². The lowest BCUT2D eigenvalue weighted by atomic mass is 9.80. The number of ether oxygens (including phenoxy) is 1. The van der Waals surface area contributed by atoms with Crippen molar-refractivity contribution >= 4 is 17.6 Å². The number of benzene rings is 2. The number of amides is 2. The maximum Gasteiger partial charge on any atom is 0.340 e. The van der Waals surface area contributed by atoms with Crippen molar-refractivity contribution in [2.45, 2.75) is 56.0 Å². The SMILES string of the molecule is O=C(NC1CCCC1)NC(Cc1ccccc1)(c1cc(F)cc(OCC(F)(F)C(F)F)c1)c1ccc(Cl)cn1. The summed E-state index contributed by atoms with van der Waals surface area (Å²) >= 11 is 6.07. The summed E-state index contributed by atoms with van der Waals surface area (Å²) < 4.78 is 72.4. The largest absolute Gasteiger partial charge is 0.487 e. The van der Waals surface area contributed by atoms with Crippen LogP contribution in [0.4, 0.5) is 26.7 Å². The molecule has 0 saturated heterocycles. The van der Waals surface area contributed by atoms with Gasteiger partial charge < -0.3 is 15.4 Å². The number of nitrogens with zero attached hydrogens (tertiary/aromatic N) is 1. The lowest BCUT2D eigenvalue weighted by molar-refractivity contribution is -0.148. The topological polar surface area (TPSA) is 63.2 Å². The van der Waals surface area contributed by atoms with Gasteiger partial charge in [-0.15, -0.1) is 0 Å². The van der Waals surface area contributed by atoms with Gasteiger partial charge in [-0.05, 0) is 48.2 Å². The second-order valence-electron chi connectivity index (χ2n) is 9.54. The number of rotatable bonds is 10. The molecule has 2 N–H and O–H groups in total. The zero-order chi connectivity index (χ0) is 28.0. The Morgan fingerprint density at radius 2 is 1.79 bits per heavy atom. The van der Waals surface area contributed by atoms with E-state index in [1.165, 1.54) is 12.3 Å². The fraction of sp³-hybridized carbons (Fsp3) is 0.357. The van der Waals surface area contributed by atoms with Gasteiger partial charge in [0.2, 0.25) is 0 Å². The molecule has 2 amide bonds. The van der Waals surface area contributed by atoms with E-state index in [4.69, 9.17) is 16.3 Å². The van der Waals surface area contributed by atoms with Crippen molar-refractivity contribution in [1.82, 2.24) is 15.6 Å². The van der Waals surface area contributed by atoms with Crippen molar-refractivity contribution in [2.75, 3.05) is 6.61 Å². The van der Waals surface area contributed by atoms with Crippen LogP contribution in [0.15, 0.2) is 66.9 Å². The summed E-state index contributed by atoms with van der Waals surface area (Å²) in [5, 5.41) is 6.22. The summed E-state index contributed by atoms with van der Waals surface area (Å²) in [6, 6.07) is 14.7. The second kappa shape index (κ2) is 12.2. The molecule has 1 aromatic heterocycles. The number of carbonyl (C=O) groups is 1. The first-order chi connectivity index (χ1) is 18.6. The van der Waals surface area contributed by atoms with E-state index in [0.29, 0.717) is 5.02 Å². The Balaban J connectivity index is 1.81. The van der Waals surface area contributed by atoms with Crippen LogP contribution in [-0.2, 0) is 12.0 Å². The standard InChI is InChI=1S/C28H27ClF5N3O2/c29-20-10-11-24(35-16-20)27(15-18-6-2-1-3-7-18,37-26(38)36-22-8-4-5-9-22)19-12-21(30)14-23(13-19)39-17-28(33,34)25(31)32/h1-3,6-7,10-14,16,22,25H,4-5,8-9,15,17H2,(H2,36,37,38). The van der Waals surface area contributed by atoms with Crippen LogP contribution in [0.3, 0.4) is 0 Å². The fourth-order valence-electron chi connectivity index (χ4n) is 4.67. The van der Waals surface area contributed by atoms with Gasteiger partial charge in [-0.2, -0.15) is 8.78 Å². The van der Waals surface area contributed by atoms with Crippen LogP contribution in [0.5, 0.6) is 5.75 Å². The first kappa shape index (κ1) is 28.6. The number of nitrogens with one attached hydrogen (secondary N) is 2. The third-order valence-electron chi connectivity index (χ3n) is 6.61. The molecule has 3 aromatic rings. The monoisotopic (exact) mass is 567 g/mol. The zero-order valence-corrected chi connectivity index (χ0v) is 21.5. The van der Waals surface area contributed by atoms with Gasteiger partial charge in [0.15, 0.2) is 6.61 Å². The molecule has 4 rings (SSSR count). The number of urea groups is 1. The van der Waals surface area contributed by atoms with Crippen molar-refractivity contribution in [1.29, 1.82) is 0 Å². The van der Waals surface area contributed by atoms with E-state index in [1.807, 2.05) is 6.07 Å². The minimum Gasteiger partial charge on any atom is -0.487 e. The molecule has 0 spiro atoms. The highest BCUT2D eigenvalue weighted by atomic mass is 35.5. The smallest absolute Gasteiger partial charge is 0.340 e. The van der Waals surface area contributed by atoms with Crippen molar-refractivity contribution < 1.29 is 31.5 Å². The van der Waals surface area contributed by atoms with E-state index >= 15 is 0 Å². The average Bonchev–Trinajstić information content (AvgIpc) is 3.40. The molecule has 5 nitrogen and oxygen atoms in total. The van der Waals surface area contributed by atoms with E-state index < -0.39 is 42.1 Å². The normalized spacial score (nSPS) is 15.7. The Hall–Kier alpha value is -3.40. The third-order valence-corrected chi connectivity index (χ3v) is 6.83. The highest BCUT2D eigenvalue weighted by molar-refractivity contribution is 6.30. The number of halogens is 6. The minimum atomic E-state index is -4.44. The molecule has 1 atom stereocenters. The molecule has 0 aliphatic heterocycles. The number of carbonyl (C=O) groups excluding carboxylic acids is 1. The molecular weight excluding hydrogens is 541 g/mol. The van der Waals surface area contributed by atoms with Crippen molar-refractivity contribution in [2.24, 2.45) is 0 Å².